The van der Waals surface area contributed by atoms with Gasteiger partial charge >= 0.3 is 0 Å². The van der Waals surface area contributed by atoms with Gasteiger partial charge in [-0.05, 0) is 19.4 Å². The molecule has 0 atom stereocenters. The largest absolute Gasteiger partial charge is 0.295 e. The summed E-state index contributed by atoms with van der Waals surface area (Å²) in [5.74, 6) is 2.73. The number of hydrogen-bond donors (Lipinski definition) is 1. The molecule has 78 valence electrons. The highest BCUT2D eigenvalue weighted by atomic mass is 16.1. The van der Waals surface area contributed by atoms with Crippen LogP contribution in [0.1, 0.15) is 25.0 Å². The number of aromatic nitrogens is 2. The molecule has 0 bridgehead atoms. The number of nitrogens with one attached hydrogen (secondary N) is 1. The normalized spacial score (nSPS) is 9.33. The molecule has 0 fully saturated rings. The summed E-state index contributed by atoms with van der Waals surface area (Å²) >= 11 is 0. The first-order valence-electron chi connectivity index (χ1n) is 4.75. The molecule has 0 aromatic carbocycles. The number of aryl methyl sites for hydroxylation is 1. The lowest BCUT2D eigenvalue weighted by atomic mass is 10.2. The van der Waals surface area contributed by atoms with Gasteiger partial charge in [0.2, 0.25) is 11.9 Å². The molecule has 0 aliphatic carbocycles. The zero-order chi connectivity index (χ0) is 11.1. The number of unbranched alkanes of at least 4 members (excludes halogenated alkanes) is 1. The van der Waals surface area contributed by atoms with E-state index in [9.17, 15) is 4.79 Å². The van der Waals surface area contributed by atoms with E-state index < -0.39 is 0 Å². The molecule has 0 radical (unpaired) electrons. The third-order valence-electron chi connectivity index (χ3n) is 1.77. The van der Waals surface area contributed by atoms with Crippen LogP contribution < -0.4 is 5.32 Å². The number of amides is 1. The van der Waals surface area contributed by atoms with E-state index in [-0.39, 0.29) is 5.91 Å². The Morgan fingerprint density at radius 1 is 1.67 bits per heavy atom. The Labute approximate surface area is 89.1 Å². The second-order valence-corrected chi connectivity index (χ2v) is 3.13. The lowest BCUT2D eigenvalue weighted by molar-refractivity contribution is -0.116. The topological polar surface area (TPSA) is 54.9 Å². The summed E-state index contributed by atoms with van der Waals surface area (Å²) in [6.45, 7) is 1.84. The van der Waals surface area contributed by atoms with E-state index in [0.717, 1.165) is 5.69 Å². The fourth-order valence-corrected chi connectivity index (χ4v) is 1.05. The maximum atomic E-state index is 11.3. The van der Waals surface area contributed by atoms with Gasteiger partial charge in [-0.25, -0.2) is 9.97 Å². The van der Waals surface area contributed by atoms with E-state index in [0.29, 0.717) is 25.2 Å². The molecule has 0 aliphatic rings. The summed E-state index contributed by atoms with van der Waals surface area (Å²) in [6.07, 6.45) is 8.40. The van der Waals surface area contributed by atoms with Gasteiger partial charge in [-0.1, -0.05) is 0 Å². The number of carbonyl (C=O) groups excluding carboxylic acids is 1. The maximum Gasteiger partial charge on any atom is 0.229 e. The van der Waals surface area contributed by atoms with Crippen LogP contribution in [0.4, 0.5) is 5.95 Å². The van der Waals surface area contributed by atoms with Crippen molar-refractivity contribution in [2.45, 2.75) is 26.2 Å². The Morgan fingerprint density at radius 2 is 2.47 bits per heavy atom. The number of rotatable bonds is 4. The SMILES string of the molecule is C#CCCCC(=O)Nc1nccc(C)n1. The molecular formula is C11H13N3O. The number of hydrogen-bond acceptors (Lipinski definition) is 3. The van der Waals surface area contributed by atoms with Crippen molar-refractivity contribution in [1.29, 1.82) is 0 Å². The van der Waals surface area contributed by atoms with Gasteiger partial charge in [0.05, 0.1) is 0 Å². The molecule has 4 heteroatoms. The number of terminal acetylenes is 1. The lowest BCUT2D eigenvalue weighted by Gasteiger charge is -2.02. The van der Waals surface area contributed by atoms with Crippen molar-refractivity contribution in [3.8, 4) is 12.3 Å². The molecule has 1 aromatic heterocycles. The van der Waals surface area contributed by atoms with Crippen LogP contribution in [0.15, 0.2) is 12.3 Å². The molecule has 0 aliphatic heterocycles. The average molecular weight is 203 g/mol. The summed E-state index contributed by atoms with van der Waals surface area (Å²) < 4.78 is 0. The Morgan fingerprint density at radius 3 is 3.13 bits per heavy atom. The standard InChI is InChI=1S/C11H13N3O/c1-3-4-5-6-10(15)14-11-12-8-7-9(2)13-11/h1,7-8H,4-6H2,2H3,(H,12,13,14,15). The Balaban J connectivity index is 2.42. The van der Waals surface area contributed by atoms with Crippen molar-refractivity contribution in [1.82, 2.24) is 9.97 Å². The molecule has 1 aromatic rings. The van der Waals surface area contributed by atoms with Gasteiger partial charge in [0.15, 0.2) is 0 Å². The predicted molar refractivity (Wildman–Crippen MR) is 58.1 cm³/mol. The molecule has 0 spiro atoms. The second-order valence-electron chi connectivity index (χ2n) is 3.13. The van der Waals surface area contributed by atoms with Gasteiger partial charge in [-0.2, -0.15) is 0 Å². The van der Waals surface area contributed by atoms with Crippen molar-refractivity contribution in [3.63, 3.8) is 0 Å². The fourth-order valence-electron chi connectivity index (χ4n) is 1.05. The number of carbonyl (C=O) groups is 1. The minimum absolute atomic E-state index is 0.101. The van der Waals surface area contributed by atoms with Crippen LogP contribution in [0.2, 0.25) is 0 Å². The first-order chi connectivity index (χ1) is 7.22. The van der Waals surface area contributed by atoms with Crippen molar-refractivity contribution in [3.05, 3.63) is 18.0 Å². The van der Waals surface area contributed by atoms with Crippen molar-refractivity contribution < 1.29 is 4.79 Å². The van der Waals surface area contributed by atoms with Gasteiger partial charge < -0.3 is 0 Å². The molecule has 0 unspecified atom stereocenters. The maximum absolute atomic E-state index is 11.3. The van der Waals surface area contributed by atoms with Gasteiger partial charge in [-0.15, -0.1) is 12.3 Å². The Kier molecular flexibility index (Phi) is 4.30. The van der Waals surface area contributed by atoms with Crippen molar-refractivity contribution in [2.75, 3.05) is 5.32 Å². The lowest BCUT2D eigenvalue weighted by Crippen LogP contribution is -2.13. The average Bonchev–Trinajstić information content (AvgIpc) is 2.18. The monoisotopic (exact) mass is 203 g/mol. The van der Waals surface area contributed by atoms with E-state index in [1.165, 1.54) is 0 Å². The summed E-state index contributed by atoms with van der Waals surface area (Å²) in [5, 5.41) is 2.61. The smallest absolute Gasteiger partial charge is 0.229 e. The predicted octanol–water partition coefficient (Wildman–Crippen LogP) is 1.53. The van der Waals surface area contributed by atoms with Crippen molar-refractivity contribution >= 4 is 11.9 Å². The van der Waals surface area contributed by atoms with E-state index in [1.54, 1.807) is 12.3 Å². The number of anilines is 1. The van der Waals surface area contributed by atoms with E-state index in [1.807, 2.05) is 6.92 Å². The minimum atomic E-state index is -0.101. The van der Waals surface area contributed by atoms with Gasteiger partial charge in [0.1, 0.15) is 0 Å². The highest BCUT2D eigenvalue weighted by Crippen LogP contribution is 2.01. The molecule has 4 nitrogen and oxygen atoms in total. The highest BCUT2D eigenvalue weighted by molar-refractivity contribution is 5.88. The Bertz CT molecular complexity index is 382. The molecule has 1 heterocycles. The molecular weight excluding hydrogens is 190 g/mol. The van der Waals surface area contributed by atoms with E-state index in [2.05, 4.69) is 21.2 Å². The fraction of sp³-hybridized carbons (Fsp3) is 0.364. The molecule has 15 heavy (non-hydrogen) atoms. The zero-order valence-electron chi connectivity index (χ0n) is 8.66. The zero-order valence-corrected chi connectivity index (χ0v) is 8.66. The number of nitrogens with zero attached hydrogens (tertiary/aromatic N) is 2. The van der Waals surface area contributed by atoms with Crippen LogP contribution in [-0.4, -0.2) is 15.9 Å². The van der Waals surface area contributed by atoms with Crippen LogP contribution in [0.5, 0.6) is 0 Å². The summed E-state index contributed by atoms with van der Waals surface area (Å²) in [5.41, 5.74) is 0.823. The van der Waals surface area contributed by atoms with Crippen molar-refractivity contribution in [2.24, 2.45) is 0 Å². The van der Waals surface area contributed by atoms with Gasteiger partial charge in [-0.3, -0.25) is 10.1 Å². The first-order valence-corrected chi connectivity index (χ1v) is 4.75. The third-order valence-corrected chi connectivity index (χ3v) is 1.77. The van der Waals surface area contributed by atoms with Crippen LogP contribution >= 0.6 is 0 Å². The molecule has 0 saturated heterocycles. The van der Waals surface area contributed by atoms with Crippen LogP contribution in [0, 0.1) is 19.3 Å². The molecule has 1 N–H and O–H groups in total. The van der Waals surface area contributed by atoms with Crippen LogP contribution in [0.3, 0.4) is 0 Å². The van der Waals surface area contributed by atoms with Gasteiger partial charge in [0.25, 0.3) is 0 Å². The quantitative estimate of drug-likeness (QED) is 0.596. The van der Waals surface area contributed by atoms with Crippen LogP contribution in [-0.2, 0) is 4.79 Å². The summed E-state index contributed by atoms with van der Waals surface area (Å²) in [7, 11) is 0. The minimum Gasteiger partial charge on any atom is -0.295 e. The molecule has 0 saturated carbocycles. The Hall–Kier alpha value is -1.89. The van der Waals surface area contributed by atoms with Gasteiger partial charge in [0, 0.05) is 24.7 Å². The second kappa shape index (κ2) is 5.76. The highest BCUT2D eigenvalue weighted by Gasteiger charge is 2.03. The summed E-state index contributed by atoms with van der Waals surface area (Å²) in [6, 6.07) is 1.77. The van der Waals surface area contributed by atoms with E-state index >= 15 is 0 Å². The van der Waals surface area contributed by atoms with Crippen LogP contribution in [0.25, 0.3) is 0 Å². The third kappa shape index (κ3) is 4.23. The molecule has 1 amide bonds. The van der Waals surface area contributed by atoms with E-state index in [4.69, 9.17) is 6.42 Å². The first kappa shape index (κ1) is 11.2. The summed E-state index contributed by atoms with van der Waals surface area (Å²) in [4.78, 5) is 19.3. The molecule has 1 rings (SSSR count).